The molecule has 1 N–H and O–H groups in total. The van der Waals surface area contributed by atoms with Crippen molar-refractivity contribution in [3.05, 3.63) is 53.7 Å². The van der Waals surface area contributed by atoms with Crippen molar-refractivity contribution in [3.8, 4) is 16.9 Å². The fourth-order valence-corrected chi connectivity index (χ4v) is 4.62. The lowest BCUT2D eigenvalue weighted by atomic mass is 9.97. The maximum Gasteiger partial charge on any atom is 0.178 e. The lowest BCUT2D eigenvalue weighted by molar-refractivity contribution is 0.416. The molecule has 2 aromatic carbocycles. The fraction of sp³-hybridized carbons (Fsp3) is 0.227. The van der Waals surface area contributed by atoms with Crippen molar-refractivity contribution in [1.82, 2.24) is 9.97 Å². The highest BCUT2D eigenvalue weighted by Gasteiger charge is 2.19. The number of rotatable bonds is 4. The number of ether oxygens (including phenoxy) is 1. The van der Waals surface area contributed by atoms with Crippen LogP contribution in [0.4, 0.5) is 0 Å². The van der Waals surface area contributed by atoms with Crippen molar-refractivity contribution < 1.29 is 13.2 Å². The molecule has 0 amide bonds. The van der Waals surface area contributed by atoms with E-state index in [9.17, 15) is 8.42 Å². The van der Waals surface area contributed by atoms with E-state index in [2.05, 4.69) is 22.1 Å². The van der Waals surface area contributed by atoms with Crippen LogP contribution in [0.25, 0.3) is 33.1 Å². The van der Waals surface area contributed by atoms with E-state index >= 15 is 0 Å². The number of hydrogen-bond donors (Lipinski definition) is 1. The molecule has 0 fully saturated rings. The van der Waals surface area contributed by atoms with E-state index in [1.165, 1.54) is 0 Å². The van der Waals surface area contributed by atoms with Gasteiger partial charge in [-0.2, -0.15) is 0 Å². The van der Waals surface area contributed by atoms with Gasteiger partial charge in [0, 0.05) is 17.0 Å². The second-order valence-electron chi connectivity index (χ2n) is 6.99. The van der Waals surface area contributed by atoms with Crippen LogP contribution in [0, 0.1) is 13.8 Å². The van der Waals surface area contributed by atoms with Gasteiger partial charge in [0.15, 0.2) is 9.84 Å². The van der Waals surface area contributed by atoms with Crippen LogP contribution in [0.1, 0.15) is 18.1 Å². The van der Waals surface area contributed by atoms with Gasteiger partial charge >= 0.3 is 0 Å². The topological polar surface area (TPSA) is 72.1 Å². The van der Waals surface area contributed by atoms with Gasteiger partial charge in [0.25, 0.3) is 0 Å². The average Bonchev–Trinajstić information content (AvgIpc) is 3.05. The molecule has 0 spiro atoms. The Labute approximate surface area is 164 Å². The number of nitrogens with one attached hydrogen (secondary N) is 1. The molecular formula is C22H22N2O3S. The van der Waals surface area contributed by atoms with Gasteiger partial charge in [-0.1, -0.05) is 19.1 Å². The third-order valence-corrected chi connectivity index (χ3v) is 6.82. The van der Waals surface area contributed by atoms with Gasteiger partial charge in [0.05, 0.1) is 23.3 Å². The molecule has 4 aromatic rings. The fourth-order valence-electron chi connectivity index (χ4n) is 3.69. The monoisotopic (exact) mass is 394 g/mol. The van der Waals surface area contributed by atoms with E-state index in [0.717, 1.165) is 49.9 Å². The van der Waals surface area contributed by atoms with Crippen molar-refractivity contribution in [3.63, 3.8) is 0 Å². The standard InChI is InChI=1S/C22H22N2O3S/c1-5-28(25,26)16-8-6-7-15(11-16)17-10-14(3)21(27-4)20-19(17)18-9-13(2)12-23-22(18)24-20/h6-12H,5H2,1-4H3,(H,23,24). The Balaban J connectivity index is 2.12. The van der Waals surface area contributed by atoms with Crippen LogP contribution in [-0.4, -0.2) is 31.2 Å². The maximum absolute atomic E-state index is 12.4. The van der Waals surface area contributed by atoms with E-state index in [0.29, 0.717) is 4.90 Å². The summed E-state index contributed by atoms with van der Waals surface area (Å²) in [6.45, 7) is 5.65. The minimum Gasteiger partial charge on any atom is -0.494 e. The summed E-state index contributed by atoms with van der Waals surface area (Å²) < 4.78 is 30.4. The Morgan fingerprint density at radius 3 is 2.64 bits per heavy atom. The van der Waals surface area contributed by atoms with Crippen LogP contribution in [0.2, 0.25) is 0 Å². The van der Waals surface area contributed by atoms with Gasteiger partial charge in [0.2, 0.25) is 0 Å². The molecule has 6 heteroatoms. The highest BCUT2D eigenvalue weighted by Crippen LogP contribution is 2.41. The van der Waals surface area contributed by atoms with Gasteiger partial charge in [-0.25, -0.2) is 13.4 Å². The normalized spacial score (nSPS) is 12.0. The number of aromatic nitrogens is 2. The Morgan fingerprint density at radius 1 is 1.14 bits per heavy atom. The first-order chi connectivity index (χ1) is 13.4. The summed E-state index contributed by atoms with van der Waals surface area (Å²) in [6, 6.07) is 11.3. The number of sulfone groups is 1. The van der Waals surface area contributed by atoms with E-state index in [1.54, 1.807) is 32.2 Å². The first-order valence-electron chi connectivity index (χ1n) is 9.14. The third kappa shape index (κ3) is 2.85. The minimum atomic E-state index is -3.29. The molecule has 2 aromatic heterocycles. The van der Waals surface area contributed by atoms with E-state index in [4.69, 9.17) is 4.74 Å². The predicted octanol–water partition coefficient (Wildman–Crippen LogP) is 4.80. The van der Waals surface area contributed by atoms with Crippen LogP contribution < -0.4 is 4.74 Å². The summed E-state index contributed by atoms with van der Waals surface area (Å²) >= 11 is 0. The Hall–Kier alpha value is -2.86. The lowest BCUT2D eigenvalue weighted by Gasteiger charge is -2.12. The summed E-state index contributed by atoms with van der Waals surface area (Å²) in [5, 5.41) is 1.98. The number of nitrogens with zero attached hydrogens (tertiary/aromatic N) is 1. The SMILES string of the molecule is CCS(=O)(=O)c1cccc(-c2cc(C)c(OC)c3[nH]c4ncc(C)cc4c23)c1. The Kier molecular flexibility index (Phi) is 4.38. The molecule has 0 saturated heterocycles. The molecule has 0 aliphatic carbocycles. The second kappa shape index (κ2) is 6.63. The van der Waals surface area contributed by atoms with Crippen LogP contribution in [0.5, 0.6) is 5.75 Å². The largest absolute Gasteiger partial charge is 0.494 e. The van der Waals surface area contributed by atoms with Gasteiger partial charge in [0.1, 0.15) is 11.4 Å². The number of methoxy groups -OCH3 is 1. The van der Waals surface area contributed by atoms with Crippen LogP contribution >= 0.6 is 0 Å². The zero-order chi connectivity index (χ0) is 20.1. The van der Waals surface area contributed by atoms with E-state index in [-0.39, 0.29) is 5.75 Å². The van der Waals surface area contributed by atoms with Crippen molar-refractivity contribution >= 4 is 31.8 Å². The van der Waals surface area contributed by atoms with Gasteiger partial charge in [-0.15, -0.1) is 0 Å². The first kappa shape index (κ1) is 18.5. The van der Waals surface area contributed by atoms with Gasteiger partial charge in [-0.05, 0) is 60.4 Å². The second-order valence-corrected chi connectivity index (χ2v) is 9.27. The summed E-state index contributed by atoms with van der Waals surface area (Å²) in [4.78, 5) is 8.23. The average molecular weight is 394 g/mol. The molecule has 0 radical (unpaired) electrons. The molecule has 144 valence electrons. The highest BCUT2D eigenvalue weighted by atomic mass is 32.2. The molecular weight excluding hydrogens is 372 g/mol. The third-order valence-electron chi connectivity index (χ3n) is 5.09. The number of fused-ring (bicyclic) bond motifs is 3. The predicted molar refractivity (Wildman–Crippen MR) is 113 cm³/mol. The highest BCUT2D eigenvalue weighted by molar-refractivity contribution is 7.91. The number of benzene rings is 2. The van der Waals surface area contributed by atoms with Crippen molar-refractivity contribution in [2.75, 3.05) is 12.9 Å². The number of aryl methyl sites for hydroxylation is 2. The Bertz CT molecular complexity index is 1320. The minimum absolute atomic E-state index is 0.0731. The molecule has 0 aliphatic rings. The van der Waals surface area contributed by atoms with E-state index in [1.807, 2.05) is 26.1 Å². The maximum atomic E-state index is 12.4. The number of hydrogen-bond acceptors (Lipinski definition) is 4. The van der Waals surface area contributed by atoms with E-state index < -0.39 is 9.84 Å². The lowest BCUT2D eigenvalue weighted by Crippen LogP contribution is -2.03. The molecule has 0 aliphatic heterocycles. The van der Waals surface area contributed by atoms with Crippen LogP contribution in [0.3, 0.4) is 0 Å². The molecule has 0 unspecified atom stereocenters. The van der Waals surface area contributed by atoms with Crippen LogP contribution in [-0.2, 0) is 9.84 Å². The molecule has 28 heavy (non-hydrogen) atoms. The Morgan fingerprint density at radius 2 is 1.93 bits per heavy atom. The summed E-state index contributed by atoms with van der Waals surface area (Å²) in [7, 11) is -1.63. The zero-order valence-electron chi connectivity index (χ0n) is 16.3. The smallest absolute Gasteiger partial charge is 0.178 e. The van der Waals surface area contributed by atoms with Gasteiger partial charge in [-0.3, -0.25) is 0 Å². The van der Waals surface area contributed by atoms with Crippen LogP contribution in [0.15, 0.2) is 47.5 Å². The number of H-pyrrole nitrogens is 1. The van der Waals surface area contributed by atoms with Crippen molar-refractivity contribution in [1.29, 1.82) is 0 Å². The molecule has 0 bridgehead atoms. The van der Waals surface area contributed by atoms with Crippen molar-refractivity contribution in [2.45, 2.75) is 25.7 Å². The van der Waals surface area contributed by atoms with Gasteiger partial charge < -0.3 is 9.72 Å². The first-order valence-corrected chi connectivity index (χ1v) is 10.8. The quantitative estimate of drug-likeness (QED) is 0.539. The molecule has 0 atom stereocenters. The number of pyridine rings is 1. The molecule has 4 rings (SSSR count). The zero-order valence-corrected chi connectivity index (χ0v) is 17.1. The van der Waals surface area contributed by atoms with Crippen molar-refractivity contribution in [2.24, 2.45) is 0 Å². The molecule has 5 nitrogen and oxygen atoms in total. The summed E-state index contributed by atoms with van der Waals surface area (Å²) in [5.74, 6) is 0.843. The summed E-state index contributed by atoms with van der Waals surface area (Å²) in [6.07, 6.45) is 1.82. The molecule has 0 saturated carbocycles. The number of aromatic amines is 1. The summed E-state index contributed by atoms with van der Waals surface area (Å²) in [5.41, 5.74) is 5.49. The molecule has 2 heterocycles.